The second kappa shape index (κ2) is 10.3. The van der Waals surface area contributed by atoms with Gasteiger partial charge in [0.1, 0.15) is 17.1 Å². The quantitative estimate of drug-likeness (QED) is 0.402. The van der Waals surface area contributed by atoms with E-state index in [-0.39, 0.29) is 12.6 Å². The number of aryl methyl sites for hydroxylation is 1. The lowest BCUT2D eigenvalue weighted by atomic mass is 10.0. The Hall–Kier alpha value is -3.00. The second-order valence-corrected chi connectivity index (χ2v) is 8.06. The van der Waals surface area contributed by atoms with Crippen LogP contribution in [0.3, 0.4) is 0 Å². The van der Waals surface area contributed by atoms with E-state index in [1.807, 2.05) is 49.1 Å². The molecular weight excluding hydrogens is 394 g/mol. The summed E-state index contributed by atoms with van der Waals surface area (Å²) >= 11 is 0. The minimum Gasteiger partial charge on any atom is -0.463 e. The van der Waals surface area contributed by atoms with E-state index in [4.69, 9.17) is 4.42 Å². The van der Waals surface area contributed by atoms with Crippen molar-refractivity contribution in [2.24, 2.45) is 4.99 Å². The number of urea groups is 1. The smallest absolute Gasteiger partial charge is 0.321 e. The Morgan fingerprint density at radius 3 is 2.68 bits per heavy atom. The normalized spacial score (nSPS) is 16.1. The van der Waals surface area contributed by atoms with Gasteiger partial charge in [0.25, 0.3) is 0 Å². The lowest BCUT2D eigenvalue weighted by Gasteiger charge is -2.23. The van der Waals surface area contributed by atoms with Crippen molar-refractivity contribution in [3.8, 4) is 0 Å². The first-order valence-corrected chi connectivity index (χ1v) is 10.8. The van der Waals surface area contributed by atoms with Crippen LogP contribution in [0.2, 0.25) is 0 Å². The summed E-state index contributed by atoms with van der Waals surface area (Å²) in [5.74, 6) is 1.86. The van der Waals surface area contributed by atoms with Gasteiger partial charge in [-0.2, -0.15) is 0 Å². The standard InChI is InChI=1S/C23H33N5O3/c1-4-24-21(26-16-23(3,30)20-11-10-17(2)31-20)25-15-18-8-7-9-19(14-18)27-22(29)28-12-5-6-13-28/h7-11,14,30H,4-6,12-13,15-16H2,1-3H3,(H,27,29)(H2,24,25,26). The molecule has 2 aromatic rings. The molecule has 4 N–H and O–H groups in total. The van der Waals surface area contributed by atoms with Crippen LogP contribution in [-0.2, 0) is 12.1 Å². The molecule has 1 saturated heterocycles. The number of amides is 2. The first-order chi connectivity index (χ1) is 14.9. The summed E-state index contributed by atoms with van der Waals surface area (Å²) in [4.78, 5) is 18.8. The Labute approximate surface area is 183 Å². The summed E-state index contributed by atoms with van der Waals surface area (Å²) in [5.41, 5.74) is 0.577. The van der Waals surface area contributed by atoms with Gasteiger partial charge < -0.3 is 30.4 Å². The molecule has 8 nitrogen and oxygen atoms in total. The molecule has 1 aromatic carbocycles. The molecule has 1 aliphatic heterocycles. The maximum atomic E-state index is 12.3. The fourth-order valence-corrected chi connectivity index (χ4v) is 3.45. The molecule has 2 heterocycles. The predicted molar refractivity (Wildman–Crippen MR) is 122 cm³/mol. The van der Waals surface area contributed by atoms with Crippen LogP contribution in [0, 0.1) is 6.92 Å². The average Bonchev–Trinajstić information content (AvgIpc) is 3.43. The van der Waals surface area contributed by atoms with E-state index >= 15 is 0 Å². The molecule has 1 atom stereocenters. The zero-order chi connectivity index (χ0) is 22.3. The molecule has 0 aliphatic carbocycles. The van der Waals surface area contributed by atoms with Crippen LogP contribution in [-0.4, -0.2) is 48.2 Å². The monoisotopic (exact) mass is 427 g/mol. The molecule has 0 radical (unpaired) electrons. The third-order valence-corrected chi connectivity index (χ3v) is 5.21. The Kier molecular flexibility index (Phi) is 7.57. The van der Waals surface area contributed by atoms with Crippen molar-refractivity contribution in [3.63, 3.8) is 0 Å². The number of nitrogens with zero attached hydrogens (tertiary/aromatic N) is 2. The van der Waals surface area contributed by atoms with Crippen molar-refractivity contribution in [3.05, 3.63) is 53.5 Å². The van der Waals surface area contributed by atoms with Gasteiger partial charge in [-0.05, 0) is 63.4 Å². The van der Waals surface area contributed by atoms with Crippen molar-refractivity contribution in [1.82, 2.24) is 15.5 Å². The average molecular weight is 428 g/mol. The lowest BCUT2D eigenvalue weighted by molar-refractivity contribution is 0.0378. The number of nitrogens with one attached hydrogen (secondary N) is 3. The van der Waals surface area contributed by atoms with Crippen molar-refractivity contribution in [2.75, 3.05) is 31.5 Å². The highest BCUT2D eigenvalue weighted by Crippen LogP contribution is 2.22. The lowest BCUT2D eigenvalue weighted by Crippen LogP contribution is -2.44. The summed E-state index contributed by atoms with van der Waals surface area (Å²) in [7, 11) is 0. The van der Waals surface area contributed by atoms with Gasteiger partial charge in [0, 0.05) is 25.3 Å². The van der Waals surface area contributed by atoms with Crippen LogP contribution in [0.15, 0.2) is 45.8 Å². The Bertz CT molecular complexity index is 900. The highest BCUT2D eigenvalue weighted by Gasteiger charge is 2.27. The summed E-state index contributed by atoms with van der Waals surface area (Å²) in [6.07, 6.45) is 2.13. The number of benzene rings is 1. The Balaban J connectivity index is 1.60. The summed E-state index contributed by atoms with van der Waals surface area (Å²) < 4.78 is 5.56. The molecule has 1 aliphatic rings. The van der Waals surface area contributed by atoms with E-state index in [9.17, 15) is 9.90 Å². The second-order valence-electron chi connectivity index (χ2n) is 8.06. The number of hydrogen-bond donors (Lipinski definition) is 4. The van der Waals surface area contributed by atoms with E-state index in [1.165, 1.54) is 0 Å². The van der Waals surface area contributed by atoms with E-state index < -0.39 is 5.60 Å². The van der Waals surface area contributed by atoms with Crippen LogP contribution in [0.25, 0.3) is 0 Å². The first-order valence-electron chi connectivity index (χ1n) is 10.8. The van der Waals surface area contributed by atoms with Crippen LogP contribution in [0.1, 0.15) is 43.8 Å². The third-order valence-electron chi connectivity index (χ3n) is 5.21. The maximum Gasteiger partial charge on any atom is 0.321 e. The fraction of sp³-hybridized carbons (Fsp3) is 0.478. The molecular formula is C23H33N5O3. The van der Waals surface area contributed by atoms with Crippen LogP contribution >= 0.6 is 0 Å². The van der Waals surface area contributed by atoms with Crippen molar-refractivity contribution >= 4 is 17.7 Å². The molecule has 31 heavy (non-hydrogen) atoms. The van der Waals surface area contributed by atoms with Crippen molar-refractivity contribution in [2.45, 2.75) is 45.8 Å². The highest BCUT2D eigenvalue weighted by molar-refractivity contribution is 5.89. The SMILES string of the molecule is CCNC(=NCc1cccc(NC(=O)N2CCCC2)c1)NCC(C)(O)c1ccc(C)o1. The molecule has 1 fully saturated rings. The molecule has 3 rings (SSSR count). The number of furan rings is 1. The number of carbonyl (C=O) groups is 1. The molecule has 1 unspecified atom stereocenters. The molecule has 0 saturated carbocycles. The Morgan fingerprint density at radius 2 is 2.00 bits per heavy atom. The molecule has 8 heteroatoms. The summed E-state index contributed by atoms with van der Waals surface area (Å²) in [6.45, 7) is 8.54. The van der Waals surface area contributed by atoms with E-state index in [0.717, 1.165) is 42.9 Å². The number of rotatable bonds is 7. The van der Waals surface area contributed by atoms with Crippen LogP contribution in [0.5, 0.6) is 0 Å². The summed E-state index contributed by atoms with van der Waals surface area (Å²) in [5, 5.41) is 20.1. The topological polar surface area (TPSA) is 102 Å². The molecule has 0 spiro atoms. The predicted octanol–water partition coefficient (Wildman–Crippen LogP) is 3.18. The van der Waals surface area contributed by atoms with E-state index in [1.54, 1.807) is 13.0 Å². The van der Waals surface area contributed by atoms with Crippen molar-refractivity contribution in [1.29, 1.82) is 0 Å². The highest BCUT2D eigenvalue weighted by atomic mass is 16.4. The number of hydrogen-bond acceptors (Lipinski definition) is 4. The zero-order valence-corrected chi connectivity index (χ0v) is 18.6. The van der Waals surface area contributed by atoms with Gasteiger partial charge in [-0.3, -0.25) is 0 Å². The fourth-order valence-electron chi connectivity index (χ4n) is 3.45. The zero-order valence-electron chi connectivity index (χ0n) is 18.6. The third kappa shape index (κ3) is 6.49. The number of likely N-dealkylation sites (tertiary alicyclic amines) is 1. The largest absolute Gasteiger partial charge is 0.463 e. The minimum atomic E-state index is -1.16. The summed E-state index contributed by atoms with van der Waals surface area (Å²) in [6, 6.07) is 11.3. The van der Waals surface area contributed by atoms with Gasteiger partial charge in [-0.25, -0.2) is 9.79 Å². The number of anilines is 1. The van der Waals surface area contributed by atoms with E-state index in [0.29, 0.717) is 24.8 Å². The van der Waals surface area contributed by atoms with Crippen LogP contribution in [0.4, 0.5) is 10.5 Å². The minimum absolute atomic E-state index is 0.0523. The van der Waals surface area contributed by atoms with Gasteiger partial charge in [0.2, 0.25) is 0 Å². The van der Waals surface area contributed by atoms with Crippen LogP contribution < -0.4 is 16.0 Å². The van der Waals surface area contributed by atoms with Crippen molar-refractivity contribution < 1.29 is 14.3 Å². The first kappa shape index (κ1) is 22.7. The molecule has 2 amide bonds. The number of carbonyl (C=O) groups excluding carboxylic acids is 1. The molecule has 1 aromatic heterocycles. The van der Waals surface area contributed by atoms with Gasteiger partial charge in [0.15, 0.2) is 5.96 Å². The van der Waals surface area contributed by atoms with Gasteiger partial charge in [-0.1, -0.05) is 12.1 Å². The number of aliphatic hydroxyl groups is 1. The number of aliphatic imine (C=N–C) groups is 1. The number of guanidine groups is 1. The van der Waals surface area contributed by atoms with Gasteiger partial charge >= 0.3 is 6.03 Å². The maximum absolute atomic E-state index is 12.3. The Morgan fingerprint density at radius 1 is 1.23 bits per heavy atom. The molecule has 168 valence electrons. The van der Waals surface area contributed by atoms with Gasteiger partial charge in [0.05, 0.1) is 13.1 Å². The molecule has 0 bridgehead atoms. The van der Waals surface area contributed by atoms with E-state index in [2.05, 4.69) is 20.9 Å². The van der Waals surface area contributed by atoms with Gasteiger partial charge in [-0.15, -0.1) is 0 Å².